The molecular weight excluding hydrogens is 368 g/mol. The molecule has 2 aromatic rings. The third-order valence-corrected chi connectivity index (χ3v) is 4.79. The van der Waals surface area contributed by atoms with Crippen molar-refractivity contribution < 1.29 is 14.3 Å². The quantitative estimate of drug-likeness (QED) is 0.804. The minimum Gasteiger partial charge on any atom is -0.371 e. The molecule has 0 radical (unpaired) electrons. The fourth-order valence-corrected chi connectivity index (χ4v) is 3.52. The third kappa shape index (κ3) is 5.03. The molecule has 0 unspecified atom stereocenters. The Morgan fingerprint density at radius 2 is 2.00 bits per heavy atom. The van der Waals surface area contributed by atoms with Crippen LogP contribution < -0.4 is 10.6 Å². The lowest BCUT2D eigenvalue weighted by atomic mass is 9.97. The number of rotatable bonds is 5. The Balaban J connectivity index is 1.74. The van der Waals surface area contributed by atoms with Gasteiger partial charge < -0.3 is 15.4 Å². The molecular formula is C22H30N4O3. The second kappa shape index (κ2) is 8.37. The Kier molecular flexibility index (Phi) is 6.07. The standard InChI is InChI=1S/C22H30N4O3/c1-14(2)26-18(9-11-23-26)19-17(10-12-29-19)21(28)24-16-8-6-7-15(13-16)20(27)25-22(3,4)5/h6-9,11,13-14,17,19H,10,12H2,1-5H3,(H,24,28)(H,25,27)/t17-,19-/m0/s1. The minimum absolute atomic E-state index is 0.114. The second-order valence-corrected chi connectivity index (χ2v) is 8.76. The molecule has 0 aliphatic carbocycles. The number of carbonyl (C=O) groups is 2. The smallest absolute Gasteiger partial charge is 0.251 e. The van der Waals surface area contributed by atoms with Crippen LogP contribution in [0.3, 0.4) is 0 Å². The summed E-state index contributed by atoms with van der Waals surface area (Å²) in [4.78, 5) is 25.4. The normalized spacial score (nSPS) is 19.4. The van der Waals surface area contributed by atoms with Gasteiger partial charge in [0.2, 0.25) is 5.91 Å². The van der Waals surface area contributed by atoms with Crippen molar-refractivity contribution in [1.29, 1.82) is 0 Å². The maximum Gasteiger partial charge on any atom is 0.251 e. The highest BCUT2D eigenvalue weighted by molar-refractivity contribution is 5.98. The van der Waals surface area contributed by atoms with Crippen molar-refractivity contribution in [3.8, 4) is 0 Å². The van der Waals surface area contributed by atoms with E-state index in [1.807, 2.05) is 31.5 Å². The van der Waals surface area contributed by atoms with Gasteiger partial charge in [0, 0.05) is 35.6 Å². The largest absolute Gasteiger partial charge is 0.371 e. The Hall–Kier alpha value is -2.67. The predicted octanol–water partition coefficient (Wildman–Crippen LogP) is 3.71. The molecule has 1 fully saturated rings. The van der Waals surface area contributed by atoms with Crippen molar-refractivity contribution in [2.45, 2.75) is 58.7 Å². The Labute approximate surface area is 171 Å². The molecule has 7 heteroatoms. The average molecular weight is 399 g/mol. The first-order valence-electron chi connectivity index (χ1n) is 10.0. The lowest BCUT2D eigenvalue weighted by Crippen LogP contribution is -2.40. The van der Waals surface area contributed by atoms with Gasteiger partial charge >= 0.3 is 0 Å². The third-order valence-electron chi connectivity index (χ3n) is 4.79. The highest BCUT2D eigenvalue weighted by Gasteiger charge is 2.37. The van der Waals surface area contributed by atoms with Crippen molar-refractivity contribution in [3.63, 3.8) is 0 Å². The van der Waals surface area contributed by atoms with E-state index in [1.54, 1.807) is 30.5 Å². The predicted molar refractivity (Wildman–Crippen MR) is 112 cm³/mol. The van der Waals surface area contributed by atoms with Gasteiger partial charge in [-0.05, 0) is 65.3 Å². The van der Waals surface area contributed by atoms with E-state index in [0.29, 0.717) is 24.3 Å². The van der Waals surface area contributed by atoms with Crippen LogP contribution in [0.25, 0.3) is 0 Å². The van der Waals surface area contributed by atoms with Gasteiger partial charge in [0.1, 0.15) is 6.10 Å². The van der Waals surface area contributed by atoms with E-state index < -0.39 is 0 Å². The molecule has 2 heterocycles. The summed E-state index contributed by atoms with van der Waals surface area (Å²) >= 11 is 0. The number of hydrogen-bond acceptors (Lipinski definition) is 4. The molecule has 1 saturated heterocycles. The first kappa shape index (κ1) is 21.0. The molecule has 0 spiro atoms. The van der Waals surface area contributed by atoms with Crippen molar-refractivity contribution in [2.24, 2.45) is 5.92 Å². The molecule has 7 nitrogen and oxygen atoms in total. The fourth-order valence-electron chi connectivity index (χ4n) is 3.52. The maximum absolute atomic E-state index is 13.0. The van der Waals surface area contributed by atoms with Crippen LogP contribution in [-0.2, 0) is 9.53 Å². The summed E-state index contributed by atoms with van der Waals surface area (Å²) in [5, 5.41) is 10.2. The zero-order valence-corrected chi connectivity index (χ0v) is 17.7. The van der Waals surface area contributed by atoms with Crippen LogP contribution in [0.4, 0.5) is 5.69 Å². The molecule has 0 saturated carbocycles. The Morgan fingerprint density at radius 1 is 1.24 bits per heavy atom. The van der Waals surface area contributed by atoms with Gasteiger partial charge in [-0.3, -0.25) is 14.3 Å². The van der Waals surface area contributed by atoms with E-state index in [0.717, 1.165) is 5.69 Å². The molecule has 1 aliphatic heterocycles. The summed E-state index contributed by atoms with van der Waals surface area (Å²) < 4.78 is 7.79. The average Bonchev–Trinajstić information content (AvgIpc) is 3.29. The Morgan fingerprint density at radius 3 is 2.69 bits per heavy atom. The van der Waals surface area contributed by atoms with Crippen molar-refractivity contribution in [3.05, 3.63) is 47.8 Å². The van der Waals surface area contributed by atoms with Crippen LogP contribution in [0.15, 0.2) is 36.5 Å². The van der Waals surface area contributed by atoms with E-state index in [9.17, 15) is 9.59 Å². The summed E-state index contributed by atoms with van der Waals surface area (Å²) in [5.74, 6) is -0.592. The monoisotopic (exact) mass is 398 g/mol. The Bertz CT molecular complexity index is 882. The number of aromatic nitrogens is 2. The molecule has 2 N–H and O–H groups in total. The van der Waals surface area contributed by atoms with Crippen molar-refractivity contribution >= 4 is 17.5 Å². The number of ether oxygens (including phenoxy) is 1. The number of hydrogen-bond donors (Lipinski definition) is 2. The van der Waals surface area contributed by atoms with E-state index in [2.05, 4.69) is 29.6 Å². The van der Waals surface area contributed by atoms with Gasteiger partial charge in [-0.25, -0.2) is 0 Å². The topological polar surface area (TPSA) is 85.2 Å². The molecule has 1 aliphatic rings. The van der Waals surface area contributed by atoms with Gasteiger partial charge in [-0.2, -0.15) is 5.10 Å². The summed E-state index contributed by atoms with van der Waals surface area (Å²) in [6.07, 6.45) is 2.06. The van der Waals surface area contributed by atoms with Gasteiger partial charge in [0.25, 0.3) is 5.91 Å². The lowest BCUT2D eigenvalue weighted by molar-refractivity contribution is -0.121. The fraction of sp³-hybridized carbons (Fsp3) is 0.500. The number of amides is 2. The molecule has 2 atom stereocenters. The first-order chi connectivity index (χ1) is 13.7. The highest BCUT2D eigenvalue weighted by Crippen LogP contribution is 2.36. The zero-order valence-electron chi connectivity index (χ0n) is 17.7. The number of carbonyl (C=O) groups excluding carboxylic acids is 2. The van der Waals surface area contributed by atoms with Gasteiger partial charge in [0.05, 0.1) is 11.6 Å². The van der Waals surface area contributed by atoms with E-state index in [4.69, 9.17) is 4.74 Å². The zero-order chi connectivity index (χ0) is 21.2. The summed E-state index contributed by atoms with van der Waals surface area (Å²) in [7, 11) is 0. The summed E-state index contributed by atoms with van der Waals surface area (Å²) in [5.41, 5.74) is 1.69. The van der Waals surface area contributed by atoms with Crippen LogP contribution in [0.2, 0.25) is 0 Å². The van der Waals surface area contributed by atoms with Gasteiger partial charge in [0.15, 0.2) is 0 Å². The first-order valence-corrected chi connectivity index (χ1v) is 10.0. The second-order valence-electron chi connectivity index (χ2n) is 8.76. The maximum atomic E-state index is 13.0. The number of nitrogens with zero attached hydrogens (tertiary/aromatic N) is 2. The molecule has 3 rings (SSSR count). The lowest BCUT2D eigenvalue weighted by Gasteiger charge is -2.22. The molecule has 156 valence electrons. The number of nitrogens with one attached hydrogen (secondary N) is 2. The molecule has 1 aromatic carbocycles. The highest BCUT2D eigenvalue weighted by atomic mass is 16.5. The van der Waals surface area contributed by atoms with Crippen molar-refractivity contribution in [2.75, 3.05) is 11.9 Å². The van der Waals surface area contributed by atoms with Gasteiger partial charge in [-0.15, -0.1) is 0 Å². The number of anilines is 1. The van der Waals surface area contributed by atoms with E-state index in [-0.39, 0.29) is 35.4 Å². The van der Waals surface area contributed by atoms with Crippen molar-refractivity contribution in [1.82, 2.24) is 15.1 Å². The van der Waals surface area contributed by atoms with Crippen LogP contribution in [-0.4, -0.2) is 33.7 Å². The SMILES string of the molecule is CC(C)n1nccc1[C@H]1OCC[C@@H]1C(=O)Nc1cccc(C(=O)NC(C)(C)C)c1. The molecule has 2 amide bonds. The molecule has 0 bridgehead atoms. The number of benzene rings is 1. The van der Waals surface area contributed by atoms with Crippen LogP contribution in [0.1, 0.15) is 69.2 Å². The summed E-state index contributed by atoms with van der Waals surface area (Å²) in [6, 6.07) is 9.08. The van der Waals surface area contributed by atoms with Crippen LogP contribution in [0, 0.1) is 5.92 Å². The molecule has 29 heavy (non-hydrogen) atoms. The van der Waals surface area contributed by atoms with Crippen LogP contribution in [0.5, 0.6) is 0 Å². The van der Waals surface area contributed by atoms with E-state index in [1.165, 1.54) is 0 Å². The van der Waals surface area contributed by atoms with E-state index >= 15 is 0 Å². The van der Waals surface area contributed by atoms with Gasteiger partial charge in [-0.1, -0.05) is 6.07 Å². The van der Waals surface area contributed by atoms with Crippen LogP contribution >= 0.6 is 0 Å². The minimum atomic E-state index is -0.329. The summed E-state index contributed by atoms with van der Waals surface area (Å²) in [6.45, 7) is 10.4. The molecule has 1 aromatic heterocycles.